The van der Waals surface area contributed by atoms with Gasteiger partial charge < -0.3 is 5.32 Å². The molecule has 1 aliphatic rings. The van der Waals surface area contributed by atoms with Gasteiger partial charge in [-0.2, -0.15) is 0 Å². The van der Waals surface area contributed by atoms with Gasteiger partial charge in [0.1, 0.15) is 0 Å². The Morgan fingerprint density at radius 1 is 1.42 bits per heavy atom. The topological polar surface area (TPSA) is 12.0 Å². The van der Waals surface area contributed by atoms with Crippen LogP contribution in [-0.2, 0) is 0 Å². The van der Waals surface area contributed by atoms with Crippen molar-refractivity contribution in [1.29, 1.82) is 0 Å². The van der Waals surface area contributed by atoms with Crippen LogP contribution in [0.3, 0.4) is 0 Å². The van der Waals surface area contributed by atoms with Crippen LogP contribution in [0.15, 0.2) is 11.3 Å². The summed E-state index contributed by atoms with van der Waals surface area (Å²) in [6.45, 7) is 8.04. The SMILES string of the molecule is CC/C(=C1/CCCCN1)C(C)C. The lowest BCUT2D eigenvalue weighted by atomic mass is 9.94. The Kier molecular flexibility index (Phi) is 3.64. The van der Waals surface area contributed by atoms with E-state index in [9.17, 15) is 0 Å². The van der Waals surface area contributed by atoms with E-state index < -0.39 is 0 Å². The summed E-state index contributed by atoms with van der Waals surface area (Å²) in [5, 5.41) is 3.53. The highest BCUT2D eigenvalue weighted by molar-refractivity contribution is 5.15. The van der Waals surface area contributed by atoms with E-state index in [1.807, 2.05) is 0 Å². The van der Waals surface area contributed by atoms with Gasteiger partial charge in [-0.1, -0.05) is 20.8 Å². The zero-order chi connectivity index (χ0) is 8.97. The third kappa shape index (κ3) is 2.26. The molecule has 0 amide bonds. The van der Waals surface area contributed by atoms with E-state index in [-0.39, 0.29) is 0 Å². The van der Waals surface area contributed by atoms with Crippen LogP contribution in [0.2, 0.25) is 0 Å². The van der Waals surface area contributed by atoms with Gasteiger partial charge in [0.2, 0.25) is 0 Å². The maximum absolute atomic E-state index is 3.53. The average molecular weight is 167 g/mol. The van der Waals surface area contributed by atoms with Crippen LogP contribution >= 0.6 is 0 Å². The largest absolute Gasteiger partial charge is 0.388 e. The van der Waals surface area contributed by atoms with E-state index in [4.69, 9.17) is 0 Å². The highest BCUT2D eigenvalue weighted by atomic mass is 14.9. The van der Waals surface area contributed by atoms with Gasteiger partial charge in [0.25, 0.3) is 0 Å². The molecule has 0 aromatic carbocycles. The summed E-state index contributed by atoms with van der Waals surface area (Å²) in [5.74, 6) is 0.718. The molecule has 1 fully saturated rings. The lowest BCUT2D eigenvalue weighted by Gasteiger charge is -2.22. The third-order valence-corrected chi connectivity index (χ3v) is 2.66. The molecule has 0 bridgehead atoms. The van der Waals surface area contributed by atoms with E-state index in [0.717, 1.165) is 5.92 Å². The summed E-state index contributed by atoms with van der Waals surface area (Å²) in [4.78, 5) is 0. The monoisotopic (exact) mass is 167 g/mol. The van der Waals surface area contributed by atoms with E-state index >= 15 is 0 Å². The average Bonchev–Trinajstić information content (AvgIpc) is 2.07. The zero-order valence-electron chi connectivity index (χ0n) is 8.61. The second-order valence-corrected chi connectivity index (χ2v) is 3.90. The van der Waals surface area contributed by atoms with Crippen LogP contribution in [0.4, 0.5) is 0 Å². The molecule has 1 heteroatoms. The number of piperidine rings is 1. The lowest BCUT2D eigenvalue weighted by molar-refractivity contribution is 0.559. The van der Waals surface area contributed by atoms with Gasteiger partial charge in [-0.05, 0) is 37.2 Å². The Labute approximate surface area is 76.2 Å². The first-order chi connectivity index (χ1) is 5.75. The van der Waals surface area contributed by atoms with Crippen LogP contribution in [0, 0.1) is 5.92 Å². The molecule has 70 valence electrons. The third-order valence-electron chi connectivity index (χ3n) is 2.66. The molecule has 0 unspecified atom stereocenters. The molecule has 1 N–H and O–H groups in total. The van der Waals surface area contributed by atoms with Crippen molar-refractivity contribution in [2.75, 3.05) is 6.54 Å². The Balaban J connectivity index is 2.68. The molecule has 0 radical (unpaired) electrons. The van der Waals surface area contributed by atoms with Crippen LogP contribution in [0.25, 0.3) is 0 Å². The van der Waals surface area contributed by atoms with Crippen LogP contribution < -0.4 is 5.32 Å². The first-order valence-electron chi connectivity index (χ1n) is 5.21. The number of rotatable bonds is 2. The lowest BCUT2D eigenvalue weighted by Crippen LogP contribution is -2.22. The van der Waals surface area contributed by atoms with Gasteiger partial charge in [-0.15, -0.1) is 0 Å². The highest BCUT2D eigenvalue weighted by Crippen LogP contribution is 2.22. The molecule has 1 nitrogen and oxygen atoms in total. The van der Waals surface area contributed by atoms with Crippen molar-refractivity contribution in [3.63, 3.8) is 0 Å². The van der Waals surface area contributed by atoms with Crippen molar-refractivity contribution >= 4 is 0 Å². The van der Waals surface area contributed by atoms with Gasteiger partial charge in [0.05, 0.1) is 0 Å². The fourth-order valence-electron chi connectivity index (χ4n) is 2.00. The summed E-state index contributed by atoms with van der Waals surface area (Å²) in [6.07, 6.45) is 5.21. The fraction of sp³-hybridized carbons (Fsp3) is 0.818. The molecular weight excluding hydrogens is 146 g/mol. The van der Waals surface area contributed by atoms with Crippen molar-refractivity contribution in [1.82, 2.24) is 5.32 Å². The number of nitrogens with one attached hydrogen (secondary N) is 1. The predicted octanol–water partition coefficient (Wildman–Crippen LogP) is 3.08. The van der Waals surface area contributed by atoms with E-state index in [1.54, 1.807) is 11.3 Å². The summed E-state index contributed by atoms with van der Waals surface area (Å²) >= 11 is 0. The Bertz CT molecular complexity index is 160. The number of hydrogen-bond donors (Lipinski definition) is 1. The minimum Gasteiger partial charge on any atom is -0.388 e. The molecule has 0 aromatic rings. The normalized spacial score (nSPS) is 22.3. The molecule has 1 aliphatic heterocycles. The Morgan fingerprint density at radius 3 is 2.58 bits per heavy atom. The summed E-state index contributed by atoms with van der Waals surface area (Å²) in [7, 11) is 0. The molecule has 0 aromatic heterocycles. The summed E-state index contributed by atoms with van der Waals surface area (Å²) in [6, 6.07) is 0. The smallest absolute Gasteiger partial charge is 0.0144 e. The maximum Gasteiger partial charge on any atom is 0.0144 e. The molecule has 0 saturated carbocycles. The minimum atomic E-state index is 0.718. The molecule has 12 heavy (non-hydrogen) atoms. The van der Waals surface area contributed by atoms with Crippen molar-refractivity contribution in [2.24, 2.45) is 5.92 Å². The van der Waals surface area contributed by atoms with Crippen molar-refractivity contribution in [2.45, 2.75) is 46.5 Å². The second-order valence-electron chi connectivity index (χ2n) is 3.90. The van der Waals surface area contributed by atoms with E-state index in [0.29, 0.717) is 0 Å². The maximum atomic E-state index is 3.53. The molecule has 0 aliphatic carbocycles. The number of hydrogen-bond acceptors (Lipinski definition) is 1. The highest BCUT2D eigenvalue weighted by Gasteiger charge is 2.11. The van der Waals surface area contributed by atoms with Crippen molar-refractivity contribution in [3.8, 4) is 0 Å². The van der Waals surface area contributed by atoms with E-state index in [1.165, 1.54) is 32.2 Å². The molecule has 0 atom stereocenters. The Morgan fingerprint density at radius 2 is 2.17 bits per heavy atom. The summed E-state index contributed by atoms with van der Waals surface area (Å²) in [5.41, 5.74) is 3.17. The van der Waals surface area contributed by atoms with E-state index in [2.05, 4.69) is 26.1 Å². The zero-order valence-corrected chi connectivity index (χ0v) is 8.61. The first-order valence-corrected chi connectivity index (χ1v) is 5.21. The number of allylic oxidation sites excluding steroid dienone is 2. The van der Waals surface area contributed by atoms with Crippen molar-refractivity contribution in [3.05, 3.63) is 11.3 Å². The second kappa shape index (κ2) is 4.54. The summed E-state index contributed by atoms with van der Waals surface area (Å²) < 4.78 is 0. The standard InChI is InChI=1S/C11H21N/c1-4-10(9(2)3)11-7-5-6-8-12-11/h9,12H,4-8H2,1-3H3/b11-10+. The predicted molar refractivity (Wildman–Crippen MR) is 54.0 cm³/mol. The molecular formula is C11H21N. The van der Waals surface area contributed by atoms with Crippen LogP contribution in [0.1, 0.15) is 46.5 Å². The van der Waals surface area contributed by atoms with Crippen LogP contribution in [0.5, 0.6) is 0 Å². The van der Waals surface area contributed by atoms with Gasteiger partial charge in [-0.3, -0.25) is 0 Å². The molecule has 0 spiro atoms. The van der Waals surface area contributed by atoms with Crippen LogP contribution in [-0.4, -0.2) is 6.54 Å². The van der Waals surface area contributed by atoms with Gasteiger partial charge in [-0.25, -0.2) is 0 Å². The van der Waals surface area contributed by atoms with Gasteiger partial charge >= 0.3 is 0 Å². The molecule has 1 saturated heterocycles. The minimum absolute atomic E-state index is 0.718. The molecule has 1 rings (SSSR count). The van der Waals surface area contributed by atoms with Gasteiger partial charge in [0.15, 0.2) is 0 Å². The quantitative estimate of drug-likeness (QED) is 0.666. The molecule has 1 heterocycles. The Hall–Kier alpha value is -0.460. The van der Waals surface area contributed by atoms with Crippen molar-refractivity contribution < 1.29 is 0 Å². The first kappa shape index (κ1) is 9.63. The van der Waals surface area contributed by atoms with Gasteiger partial charge in [0, 0.05) is 12.2 Å². The fourth-order valence-corrected chi connectivity index (χ4v) is 2.00.